The molecule has 0 saturated heterocycles. The first-order valence-electron chi connectivity index (χ1n) is 7.08. The summed E-state index contributed by atoms with van der Waals surface area (Å²) in [4.78, 5) is 12.2. The lowest BCUT2D eigenvalue weighted by atomic mass is 10.2. The van der Waals surface area contributed by atoms with Gasteiger partial charge in [0.1, 0.15) is 17.2 Å². The molecule has 0 fully saturated rings. The Kier molecular flexibility index (Phi) is 5.30. The summed E-state index contributed by atoms with van der Waals surface area (Å²) in [5.74, 6) is 1.51. The van der Waals surface area contributed by atoms with E-state index in [1.54, 1.807) is 56.5 Å². The summed E-state index contributed by atoms with van der Waals surface area (Å²) in [6.45, 7) is 1.67. The molecule has 1 unspecified atom stereocenters. The van der Waals surface area contributed by atoms with Crippen LogP contribution in [0.3, 0.4) is 0 Å². The van der Waals surface area contributed by atoms with E-state index in [-0.39, 0.29) is 5.91 Å². The fourth-order valence-corrected chi connectivity index (χ4v) is 1.96. The van der Waals surface area contributed by atoms with E-state index in [9.17, 15) is 4.79 Å². The van der Waals surface area contributed by atoms with Gasteiger partial charge < -0.3 is 25.3 Å². The summed E-state index contributed by atoms with van der Waals surface area (Å²) >= 11 is 0. The molecule has 1 amide bonds. The number of nitrogens with one attached hydrogen (secondary N) is 1. The molecule has 0 aliphatic carbocycles. The SMILES string of the molecule is COc1ccc(OC(C)C(=O)Nc2ccc(N)cc2OC)cc1. The summed E-state index contributed by atoms with van der Waals surface area (Å²) in [7, 11) is 3.10. The van der Waals surface area contributed by atoms with Crippen LogP contribution in [0.25, 0.3) is 0 Å². The molecule has 6 heteroatoms. The number of benzene rings is 2. The minimum atomic E-state index is -0.675. The predicted molar refractivity (Wildman–Crippen MR) is 89.1 cm³/mol. The van der Waals surface area contributed by atoms with Crippen LogP contribution in [0.2, 0.25) is 0 Å². The number of amides is 1. The van der Waals surface area contributed by atoms with E-state index in [1.165, 1.54) is 7.11 Å². The smallest absolute Gasteiger partial charge is 0.265 e. The molecule has 0 saturated carbocycles. The second-order valence-corrected chi connectivity index (χ2v) is 4.88. The first-order chi connectivity index (χ1) is 11.0. The molecule has 6 nitrogen and oxygen atoms in total. The van der Waals surface area contributed by atoms with Gasteiger partial charge >= 0.3 is 0 Å². The average molecular weight is 316 g/mol. The number of carbonyl (C=O) groups is 1. The highest BCUT2D eigenvalue weighted by Gasteiger charge is 2.16. The van der Waals surface area contributed by atoms with Gasteiger partial charge in [0.25, 0.3) is 5.91 Å². The van der Waals surface area contributed by atoms with E-state index in [0.717, 1.165) is 5.75 Å². The predicted octanol–water partition coefficient (Wildman–Crippen LogP) is 2.69. The number of nitrogen functional groups attached to an aromatic ring is 1. The van der Waals surface area contributed by atoms with Crippen molar-refractivity contribution in [3.05, 3.63) is 42.5 Å². The number of hydrogen-bond acceptors (Lipinski definition) is 5. The van der Waals surface area contributed by atoms with E-state index >= 15 is 0 Å². The van der Waals surface area contributed by atoms with Crippen molar-refractivity contribution in [1.82, 2.24) is 0 Å². The standard InChI is InChI=1S/C17H20N2O4/c1-11(23-14-7-5-13(21-2)6-8-14)17(20)19-15-9-4-12(18)10-16(15)22-3/h4-11H,18H2,1-3H3,(H,19,20). The first kappa shape index (κ1) is 16.5. The second kappa shape index (κ2) is 7.40. The van der Waals surface area contributed by atoms with E-state index in [0.29, 0.717) is 22.9 Å². The quantitative estimate of drug-likeness (QED) is 0.801. The maximum absolute atomic E-state index is 12.2. The lowest BCUT2D eigenvalue weighted by Gasteiger charge is -2.16. The Morgan fingerprint density at radius 2 is 1.70 bits per heavy atom. The molecule has 0 heterocycles. The van der Waals surface area contributed by atoms with Crippen LogP contribution < -0.4 is 25.3 Å². The van der Waals surface area contributed by atoms with Crippen molar-refractivity contribution >= 4 is 17.3 Å². The van der Waals surface area contributed by atoms with Crippen molar-refractivity contribution in [2.24, 2.45) is 0 Å². The van der Waals surface area contributed by atoms with Gasteiger partial charge in [-0.05, 0) is 43.3 Å². The third kappa shape index (κ3) is 4.29. The van der Waals surface area contributed by atoms with Crippen LogP contribution in [0.1, 0.15) is 6.92 Å². The molecule has 0 aliphatic rings. The van der Waals surface area contributed by atoms with Gasteiger partial charge in [-0.15, -0.1) is 0 Å². The van der Waals surface area contributed by atoms with Gasteiger partial charge in [0.2, 0.25) is 0 Å². The van der Waals surface area contributed by atoms with Crippen LogP contribution >= 0.6 is 0 Å². The minimum Gasteiger partial charge on any atom is -0.497 e. The summed E-state index contributed by atoms with van der Waals surface area (Å²) in [6.07, 6.45) is -0.675. The first-order valence-corrected chi connectivity index (χ1v) is 7.08. The third-order valence-electron chi connectivity index (χ3n) is 3.22. The van der Waals surface area contributed by atoms with Crippen LogP contribution in [0, 0.1) is 0 Å². The maximum atomic E-state index is 12.2. The molecule has 1 atom stereocenters. The normalized spacial score (nSPS) is 11.4. The van der Waals surface area contributed by atoms with Crippen molar-refractivity contribution in [2.45, 2.75) is 13.0 Å². The van der Waals surface area contributed by atoms with Crippen LogP contribution in [0.5, 0.6) is 17.2 Å². The summed E-state index contributed by atoms with van der Waals surface area (Å²) in [5.41, 5.74) is 6.79. The van der Waals surface area contributed by atoms with E-state index in [4.69, 9.17) is 19.9 Å². The number of anilines is 2. The zero-order valence-electron chi connectivity index (χ0n) is 13.3. The summed E-state index contributed by atoms with van der Waals surface area (Å²) < 4.78 is 15.9. The Morgan fingerprint density at radius 1 is 1.04 bits per heavy atom. The molecule has 0 aliphatic heterocycles. The molecular formula is C17H20N2O4. The number of nitrogens with two attached hydrogens (primary N) is 1. The lowest BCUT2D eigenvalue weighted by Crippen LogP contribution is -2.30. The van der Waals surface area contributed by atoms with Crippen molar-refractivity contribution in [3.63, 3.8) is 0 Å². The Bertz CT molecular complexity index is 671. The lowest BCUT2D eigenvalue weighted by molar-refractivity contribution is -0.122. The van der Waals surface area contributed by atoms with E-state index in [2.05, 4.69) is 5.32 Å². The Labute approximate surface area is 135 Å². The molecule has 0 aromatic heterocycles. The topological polar surface area (TPSA) is 82.8 Å². The number of ether oxygens (including phenoxy) is 3. The molecule has 2 aromatic carbocycles. The van der Waals surface area contributed by atoms with Crippen LogP contribution in [-0.2, 0) is 4.79 Å². The van der Waals surface area contributed by atoms with Crippen LogP contribution in [0.15, 0.2) is 42.5 Å². The summed E-state index contributed by atoms with van der Waals surface area (Å²) in [5, 5.41) is 2.76. The van der Waals surface area contributed by atoms with E-state index < -0.39 is 6.10 Å². The van der Waals surface area contributed by atoms with Crippen LogP contribution in [-0.4, -0.2) is 26.2 Å². The zero-order valence-corrected chi connectivity index (χ0v) is 13.3. The average Bonchev–Trinajstić information content (AvgIpc) is 2.57. The molecule has 2 aromatic rings. The van der Waals surface area contributed by atoms with Gasteiger partial charge in [-0.3, -0.25) is 4.79 Å². The largest absolute Gasteiger partial charge is 0.497 e. The molecule has 23 heavy (non-hydrogen) atoms. The number of methoxy groups -OCH3 is 2. The zero-order chi connectivity index (χ0) is 16.8. The molecule has 3 N–H and O–H groups in total. The van der Waals surface area contributed by atoms with Crippen molar-refractivity contribution in [2.75, 3.05) is 25.3 Å². The van der Waals surface area contributed by atoms with Crippen LogP contribution in [0.4, 0.5) is 11.4 Å². The monoisotopic (exact) mass is 316 g/mol. The highest BCUT2D eigenvalue weighted by Crippen LogP contribution is 2.27. The Hall–Kier alpha value is -2.89. The molecule has 0 radical (unpaired) electrons. The third-order valence-corrected chi connectivity index (χ3v) is 3.22. The molecule has 2 rings (SSSR count). The number of carbonyl (C=O) groups excluding carboxylic acids is 1. The fraction of sp³-hybridized carbons (Fsp3) is 0.235. The second-order valence-electron chi connectivity index (χ2n) is 4.88. The Balaban J connectivity index is 2.02. The highest BCUT2D eigenvalue weighted by atomic mass is 16.5. The fourth-order valence-electron chi connectivity index (χ4n) is 1.96. The number of hydrogen-bond donors (Lipinski definition) is 2. The molecule has 122 valence electrons. The van der Waals surface area contributed by atoms with E-state index in [1.807, 2.05) is 0 Å². The van der Waals surface area contributed by atoms with Gasteiger partial charge in [-0.1, -0.05) is 0 Å². The highest BCUT2D eigenvalue weighted by molar-refractivity contribution is 5.95. The minimum absolute atomic E-state index is 0.288. The van der Waals surface area contributed by atoms with Crippen molar-refractivity contribution in [3.8, 4) is 17.2 Å². The van der Waals surface area contributed by atoms with Gasteiger partial charge in [-0.2, -0.15) is 0 Å². The van der Waals surface area contributed by atoms with Crippen molar-refractivity contribution < 1.29 is 19.0 Å². The molecule has 0 bridgehead atoms. The van der Waals surface area contributed by atoms with Gasteiger partial charge in [0, 0.05) is 11.8 Å². The maximum Gasteiger partial charge on any atom is 0.265 e. The van der Waals surface area contributed by atoms with Gasteiger partial charge in [-0.25, -0.2) is 0 Å². The molecular weight excluding hydrogens is 296 g/mol. The summed E-state index contributed by atoms with van der Waals surface area (Å²) in [6, 6.07) is 12.0. The number of rotatable bonds is 6. The molecule has 0 spiro atoms. The van der Waals surface area contributed by atoms with Gasteiger partial charge in [0.05, 0.1) is 19.9 Å². The van der Waals surface area contributed by atoms with Crippen molar-refractivity contribution in [1.29, 1.82) is 0 Å². The van der Waals surface area contributed by atoms with Gasteiger partial charge in [0.15, 0.2) is 6.10 Å². The Morgan fingerprint density at radius 3 is 2.30 bits per heavy atom.